The van der Waals surface area contributed by atoms with Crippen molar-refractivity contribution < 1.29 is 19.4 Å². The number of amides is 1. The van der Waals surface area contributed by atoms with Gasteiger partial charge in [0.25, 0.3) is 5.91 Å². The van der Waals surface area contributed by atoms with Crippen molar-refractivity contribution in [2.45, 2.75) is 12.5 Å². The zero-order chi connectivity index (χ0) is 16.9. The van der Waals surface area contributed by atoms with Crippen molar-refractivity contribution >= 4 is 33.9 Å². The van der Waals surface area contributed by atoms with E-state index < -0.39 is 12.1 Å². The molecule has 0 radical (unpaired) electrons. The fourth-order valence-corrected chi connectivity index (χ4v) is 3.20. The molecular formula is C16H17N3O4S. The van der Waals surface area contributed by atoms with Crippen LogP contribution >= 0.6 is 11.3 Å². The Kier molecular flexibility index (Phi) is 5.07. The highest BCUT2D eigenvalue weighted by molar-refractivity contribution is 7.14. The molecule has 8 heteroatoms. The highest BCUT2D eigenvalue weighted by Gasteiger charge is 2.29. The van der Waals surface area contributed by atoms with Crippen molar-refractivity contribution in [3.05, 3.63) is 41.5 Å². The van der Waals surface area contributed by atoms with Gasteiger partial charge in [-0.05, 0) is 12.1 Å². The number of nitrogens with one attached hydrogen (secondary N) is 1. The third kappa shape index (κ3) is 3.90. The molecule has 3 rings (SSSR count). The van der Waals surface area contributed by atoms with Crippen molar-refractivity contribution in [3.8, 4) is 0 Å². The van der Waals surface area contributed by atoms with Gasteiger partial charge in [0.15, 0.2) is 5.69 Å². The smallest absolute Gasteiger partial charge is 0.306 e. The zero-order valence-electron chi connectivity index (χ0n) is 12.8. The summed E-state index contributed by atoms with van der Waals surface area (Å²) in [6, 6.07) is 9.55. The third-order valence-corrected chi connectivity index (χ3v) is 4.37. The number of aromatic nitrogens is 1. The number of para-hydroxylation sites is 1. The van der Waals surface area contributed by atoms with Crippen LogP contribution in [0.4, 0.5) is 10.7 Å². The van der Waals surface area contributed by atoms with Gasteiger partial charge in [-0.15, -0.1) is 11.3 Å². The molecule has 0 spiro atoms. The SMILES string of the molecule is O=C(O)CC1CN(C(=O)c2ncsc2Nc2ccccc2)CCO1. The average molecular weight is 347 g/mol. The largest absolute Gasteiger partial charge is 0.481 e. The van der Waals surface area contributed by atoms with E-state index in [9.17, 15) is 9.59 Å². The first-order valence-corrected chi connectivity index (χ1v) is 8.39. The molecule has 2 heterocycles. The van der Waals surface area contributed by atoms with Gasteiger partial charge in [-0.3, -0.25) is 9.59 Å². The molecule has 1 aromatic carbocycles. The van der Waals surface area contributed by atoms with Gasteiger partial charge in [0, 0.05) is 18.8 Å². The minimum atomic E-state index is -0.936. The standard InChI is InChI=1S/C16H17N3O4S/c20-13(21)8-12-9-19(6-7-23-12)16(22)14-15(24-10-17-14)18-11-4-2-1-3-5-11/h1-5,10,12,18H,6-9H2,(H,20,21). The number of thiazole rings is 1. The van der Waals surface area contributed by atoms with E-state index in [0.29, 0.717) is 23.8 Å². The minimum absolute atomic E-state index is 0.115. The minimum Gasteiger partial charge on any atom is -0.481 e. The molecule has 126 valence electrons. The number of aliphatic carboxylic acids is 1. The second kappa shape index (κ2) is 7.41. The monoisotopic (exact) mass is 347 g/mol. The molecule has 1 aromatic heterocycles. The van der Waals surface area contributed by atoms with Crippen LogP contribution in [0.3, 0.4) is 0 Å². The Balaban J connectivity index is 1.71. The van der Waals surface area contributed by atoms with Gasteiger partial charge in [0.05, 0.1) is 24.6 Å². The van der Waals surface area contributed by atoms with Crippen molar-refractivity contribution in [3.63, 3.8) is 0 Å². The number of anilines is 2. The zero-order valence-corrected chi connectivity index (χ0v) is 13.7. The molecule has 7 nitrogen and oxygen atoms in total. The van der Waals surface area contributed by atoms with Crippen LogP contribution in [0.5, 0.6) is 0 Å². The Morgan fingerprint density at radius 3 is 2.92 bits per heavy atom. The normalized spacial score (nSPS) is 17.5. The van der Waals surface area contributed by atoms with Crippen molar-refractivity contribution in [2.75, 3.05) is 25.0 Å². The summed E-state index contributed by atoms with van der Waals surface area (Å²) >= 11 is 1.35. The summed E-state index contributed by atoms with van der Waals surface area (Å²) in [5, 5.41) is 12.8. The maximum absolute atomic E-state index is 12.7. The number of hydrogen-bond acceptors (Lipinski definition) is 6. The summed E-state index contributed by atoms with van der Waals surface area (Å²) in [5.74, 6) is -1.15. The predicted octanol–water partition coefficient (Wildman–Crippen LogP) is 2.20. The molecule has 0 aliphatic carbocycles. The number of nitrogens with zero attached hydrogens (tertiary/aromatic N) is 2. The van der Waals surface area contributed by atoms with E-state index in [2.05, 4.69) is 10.3 Å². The van der Waals surface area contributed by atoms with Gasteiger partial charge in [-0.25, -0.2) is 4.98 Å². The first kappa shape index (κ1) is 16.4. The number of hydrogen-bond donors (Lipinski definition) is 2. The molecule has 2 N–H and O–H groups in total. The summed E-state index contributed by atoms with van der Waals surface area (Å²) < 4.78 is 5.40. The topological polar surface area (TPSA) is 91.8 Å². The van der Waals surface area contributed by atoms with Crippen LogP contribution in [-0.4, -0.2) is 52.7 Å². The Morgan fingerprint density at radius 2 is 2.17 bits per heavy atom. The summed E-state index contributed by atoms with van der Waals surface area (Å²) in [6.07, 6.45) is -0.597. The first-order chi connectivity index (χ1) is 11.6. The van der Waals surface area contributed by atoms with E-state index in [1.165, 1.54) is 11.3 Å². The highest BCUT2D eigenvalue weighted by Crippen LogP contribution is 2.26. The molecule has 0 saturated carbocycles. The number of rotatable bonds is 5. The molecule has 1 saturated heterocycles. The second-order valence-corrected chi connectivity index (χ2v) is 6.22. The Bertz CT molecular complexity index is 719. The predicted molar refractivity (Wildman–Crippen MR) is 89.7 cm³/mol. The molecular weight excluding hydrogens is 330 g/mol. The van der Waals surface area contributed by atoms with Crippen LogP contribution in [0.2, 0.25) is 0 Å². The van der Waals surface area contributed by atoms with Crippen LogP contribution in [0, 0.1) is 0 Å². The van der Waals surface area contributed by atoms with Gasteiger partial charge in [-0.2, -0.15) is 0 Å². The van der Waals surface area contributed by atoms with Gasteiger partial charge in [-0.1, -0.05) is 18.2 Å². The van der Waals surface area contributed by atoms with Crippen LogP contribution < -0.4 is 5.32 Å². The maximum atomic E-state index is 12.7. The summed E-state index contributed by atoms with van der Waals surface area (Å²) in [5.41, 5.74) is 2.84. The summed E-state index contributed by atoms with van der Waals surface area (Å²) in [7, 11) is 0. The van der Waals surface area contributed by atoms with Crippen LogP contribution in [-0.2, 0) is 9.53 Å². The van der Waals surface area contributed by atoms with Crippen molar-refractivity contribution in [2.24, 2.45) is 0 Å². The van der Waals surface area contributed by atoms with Crippen LogP contribution in [0.1, 0.15) is 16.9 Å². The number of carboxylic acid groups (broad SMARTS) is 1. The fraction of sp³-hybridized carbons (Fsp3) is 0.312. The van der Waals surface area contributed by atoms with E-state index in [1.807, 2.05) is 30.3 Å². The number of carboxylic acids is 1. The molecule has 1 amide bonds. The molecule has 2 aromatic rings. The number of benzene rings is 1. The van der Waals surface area contributed by atoms with Gasteiger partial charge in [0.2, 0.25) is 0 Å². The maximum Gasteiger partial charge on any atom is 0.306 e. The lowest BCUT2D eigenvalue weighted by molar-refractivity contribution is -0.141. The van der Waals surface area contributed by atoms with Gasteiger partial charge < -0.3 is 20.1 Å². The van der Waals surface area contributed by atoms with E-state index in [4.69, 9.17) is 9.84 Å². The van der Waals surface area contributed by atoms with Gasteiger partial charge in [0.1, 0.15) is 5.00 Å². The molecule has 0 bridgehead atoms. The molecule has 24 heavy (non-hydrogen) atoms. The first-order valence-electron chi connectivity index (χ1n) is 7.51. The number of morpholine rings is 1. The lowest BCUT2D eigenvalue weighted by atomic mass is 10.2. The summed E-state index contributed by atoms with van der Waals surface area (Å²) in [6.45, 7) is 1.01. The number of ether oxygens (including phenoxy) is 1. The molecule has 1 aliphatic rings. The van der Waals surface area contributed by atoms with Crippen molar-refractivity contribution in [1.29, 1.82) is 0 Å². The number of carbonyl (C=O) groups excluding carboxylic acids is 1. The Hall–Kier alpha value is -2.45. The van der Waals surface area contributed by atoms with Crippen LogP contribution in [0.15, 0.2) is 35.8 Å². The van der Waals surface area contributed by atoms with Gasteiger partial charge >= 0.3 is 5.97 Å². The molecule has 1 unspecified atom stereocenters. The average Bonchev–Trinajstić information content (AvgIpc) is 3.03. The van der Waals surface area contributed by atoms with E-state index in [1.54, 1.807) is 10.4 Å². The second-order valence-electron chi connectivity index (χ2n) is 5.36. The molecule has 1 fully saturated rings. The fourth-order valence-electron chi connectivity index (χ4n) is 2.51. The third-order valence-electron chi connectivity index (χ3n) is 3.63. The van der Waals surface area contributed by atoms with Crippen molar-refractivity contribution in [1.82, 2.24) is 9.88 Å². The van der Waals surface area contributed by atoms with Crippen LogP contribution in [0.25, 0.3) is 0 Å². The quantitative estimate of drug-likeness (QED) is 0.861. The highest BCUT2D eigenvalue weighted by atomic mass is 32.1. The van der Waals surface area contributed by atoms with E-state index >= 15 is 0 Å². The number of carbonyl (C=O) groups is 2. The molecule has 1 aliphatic heterocycles. The Labute approximate surface area is 142 Å². The van der Waals surface area contributed by atoms with E-state index in [-0.39, 0.29) is 18.9 Å². The lowest BCUT2D eigenvalue weighted by Crippen LogP contribution is -2.46. The lowest BCUT2D eigenvalue weighted by Gasteiger charge is -2.32. The Morgan fingerprint density at radius 1 is 1.38 bits per heavy atom. The summed E-state index contributed by atoms with van der Waals surface area (Å²) in [4.78, 5) is 29.3. The molecule has 1 atom stereocenters. The van der Waals surface area contributed by atoms with E-state index in [0.717, 1.165) is 5.69 Å².